The smallest absolute Gasteiger partial charge is 0.260 e. The highest BCUT2D eigenvalue weighted by molar-refractivity contribution is 6.30. The van der Waals surface area contributed by atoms with E-state index in [1.165, 1.54) is 5.56 Å². The van der Waals surface area contributed by atoms with Crippen molar-refractivity contribution in [1.29, 1.82) is 0 Å². The summed E-state index contributed by atoms with van der Waals surface area (Å²) >= 11 is 5.93. The highest BCUT2D eigenvalue weighted by atomic mass is 35.5. The normalized spacial score (nSPS) is 14.8. The Morgan fingerprint density at radius 3 is 2.44 bits per heavy atom. The number of carbonyl (C=O) groups excluding carboxylic acids is 1. The van der Waals surface area contributed by atoms with Crippen molar-refractivity contribution in [2.45, 2.75) is 6.54 Å². The lowest BCUT2D eigenvalue weighted by Crippen LogP contribution is -2.49. The summed E-state index contributed by atoms with van der Waals surface area (Å²) in [5, 5.41) is 0.742. The van der Waals surface area contributed by atoms with Crippen molar-refractivity contribution >= 4 is 23.2 Å². The fourth-order valence-electron chi connectivity index (χ4n) is 3.04. The third-order valence-corrected chi connectivity index (χ3v) is 4.84. The van der Waals surface area contributed by atoms with Gasteiger partial charge >= 0.3 is 0 Å². The molecule has 0 bridgehead atoms. The molecule has 0 atom stereocenters. The largest absolute Gasteiger partial charge is 0.493 e. The van der Waals surface area contributed by atoms with E-state index in [4.69, 9.17) is 26.8 Å². The van der Waals surface area contributed by atoms with E-state index in [9.17, 15) is 4.79 Å². The lowest BCUT2D eigenvalue weighted by molar-refractivity contribution is -0.135. The van der Waals surface area contributed by atoms with Crippen molar-refractivity contribution in [3.63, 3.8) is 0 Å². The SMILES string of the molecule is COc1ccc(N)cc1OCC(=O)N1CCN(Cc2ccc(Cl)cc2)CC1. The number of anilines is 1. The molecule has 0 radical (unpaired) electrons. The first kappa shape index (κ1) is 19.3. The first-order valence-corrected chi connectivity index (χ1v) is 9.24. The molecule has 2 aromatic rings. The fraction of sp³-hybridized carbons (Fsp3) is 0.350. The van der Waals surface area contributed by atoms with Gasteiger partial charge in [0.1, 0.15) is 0 Å². The molecule has 3 rings (SSSR count). The lowest BCUT2D eigenvalue weighted by atomic mass is 10.2. The minimum absolute atomic E-state index is 0.0308. The number of benzene rings is 2. The highest BCUT2D eigenvalue weighted by Gasteiger charge is 2.21. The van der Waals surface area contributed by atoms with Gasteiger partial charge in [-0.15, -0.1) is 0 Å². The summed E-state index contributed by atoms with van der Waals surface area (Å²) in [6, 6.07) is 13.0. The molecule has 1 fully saturated rings. The number of methoxy groups -OCH3 is 1. The van der Waals surface area contributed by atoms with Gasteiger partial charge in [0.2, 0.25) is 0 Å². The summed E-state index contributed by atoms with van der Waals surface area (Å²) < 4.78 is 10.9. The summed E-state index contributed by atoms with van der Waals surface area (Å²) in [6.45, 7) is 3.85. The molecule has 6 nitrogen and oxygen atoms in total. The maximum absolute atomic E-state index is 12.5. The van der Waals surface area contributed by atoms with Crippen molar-refractivity contribution in [3.8, 4) is 11.5 Å². The van der Waals surface area contributed by atoms with Crippen molar-refractivity contribution in [3.05, 3.63) is 53.1 Å². The second kappa shape index (κ2) is 8.97. The molecule has 1 saturated heterocycles. The molecule has 0 spiro atoms. The zero-order valence-electron chi connectivity index (χ0n) is 15.4. The number of halogens is 1. The zero-order valence-corrected chi connectivity index (χ0v) is 16.1. The van der Waals surface area contributed by atoms with Crippen molar-refractivity contribution < 1.29 is 14.3 Å². The van der Waals surface area contributed by atoms with Crippen LogP contribution in [0.15, 0.2) is 42.5 Å². The molecule has 0 aliphatic carbocycles. The molecule has 2 N–H and O–H groups in total. The molecule has 7 heteroatoms. The van der Waals surface area contributed by atoms with E-state index < -0.39 is 0 Å². The van der Waals surface area contributed by atoms with Crippen LogP contribution in [-0.2, 0) is 11.3 Å². The van der Waals surface area contributed by atoms with Gasteiger partial charge in [0.15, 0.2) is 18.1 Å². The van der Waals surface area contributed by atoms with E-state index in [-0.39, 0.29) is 12.5 Å². The number of hydrogen-bond donors (Lipinski definition) is 1. The number of carbonyl (C=O) groups is 1. The monoisotopic (exact) mass is 389 g/mol. The Bertz CT molecular complexity index is 775. The number of nitrogens with two attached hydrogens (primary N) is 1. The van der Waals surface area contributed by atoms with Crippen LogP contribution in [-0.4, -0.2) is 55.6 Å². The predicted octanol–water partition coefficient (Wildman–Crippen LogP) is 2.65. The number of amides is 1. The van der Waals surface area contributed by atoms with Crippen LogP contribution in [0.1, 0.15) is 5.56 Å². The number of nitrogens with zero attached hydrogens (tertiary/aromatic N) is 2. The number of piperazine rings is 1. The standard InChI is InChI=1S/C20H24ClN3O3/c1-26-18-7-6-17(22)12-19(18)27-14-20(25)24-10-8-23(9-11-24)13-15-2-4-16(21)5-3-15/h2-7,12H,8-11,13-14,22H2,1H3. The van der Waals surface area contributed by atoms with Crippen LogP contribution in [0.5, 0.6) is 11.5 Å². The minimum Gasteiger partial charge on any atom is -0.493 e. The maximum Gasteiger partial charge on any atom is 0.260 e. The molecule has 2 aromatic carbocycles. The predicted molar refractivity (Wildman–Crippen MR) is 106 cm³/mol. The van der Waals surface area contributed by atoms with Crippen LogP contribution in [0, 0.1) is 0 Å². The maximum atomic E-state index is 12.5. The quantitative estimate of drug-likeness (QED) is 0.769. The van der Waals surface area contributed by atoms with Gasteiger partial charge in [-0.3, -0.25) is 9.69 Å². The Hall–Kier alpha value is -2.44. The van der Waals surface area contributed by atoms with Crippen LogP contribution in [0.4, 0.5) is 5.69 Å². The van der Waals surface area contributed by atoms with Gasteiger partial charge in [0.05, 0.1) is 7.11 Å². The van der Waals surface area contributed by atoms with Crippen molar-refractivity contribution in [1.82, 2.24) is 9.80 Å². The second-order valence-corrected chi connectivity index (χ2v) is 6.92. The third-order valence-electron chi connectivity index (χ3n) is 4.58. The van der Waals surface area contributed by atoms with Gasteiger partial charge in [-0.2, -0.15) is 0 Å². The summed E-state index contributed by atoms with van der Waals surface area (Å²) in [7, 11) is 1.56. The van der Waals surface area contributed by atoms with E-state index in [2.05, 4.69) is 4.90 Å². The summed E-state index contributed by atoms with van der Waals surface area (Å²) in [6.07, 6.45) is 0. The van der Waals surface area contributed by atoms with Crippen LogP contribution < -0.4 is 15.2 Å². The van der Waals surface area contributed by atoms with Gasteiger partial charge in [0.25, 0.3) is 5.91 Å². The minimum atomic E-state index is -0.0365. The van der Waals surface area contributed by atoms with Gasteiger partial charge in [-0.1, -0.05) is 23.7 Å². The average molecular weight is 390 g/mol. The zero-order chi connectivity index (χ0) is 19.2. The first-order valence-electron chi connectivity index (χ1n) is 8.86. The number of nitrogen functional groups attached to an aromatic ring is 1. The Balaban J connectivity index is 1.47. The molecule has 1 aliphatic rings. The van der Waals surface area contributed by atoms with Gasteiger partial charge in [-0.25, -0.2) is 0 Å². The average Bonchev–Trinajstić information content (AvgIpc) is 2.68. The molecular weight excluding hydrogens is 366 g/mol. The molecule has 0 unspecified atom stereocenters. The van der Waals surface area contributed by atoms with Gasteiger partial charge in [0, 0.05) is 49.5 Å². The molecule has 27 heavy (non-hydrogen) atoms. The van der Waals surface area contributed by atoms with Gasteiger partial charge in [-0.05, 0) is 29.8 Å². The summed E-state index contributed by atoms with van der Waals surface area (Å²) in [4.78, 5) is 16.6. The Morgan fingerprint density at radius 2 is 1.78 bits per heavy atom. The van der Waals surface area contributed by atoms with Crippen LogP contribution >= 0.6 is 11.6 Å². The van der Waals surface area contributed by atoms with E-state index in [0.29, 0.717) is 30.3 Å². The molecule has 0 saturated carbocycles. The molecule has 1 heterocycles. The van der Waals surface area contributed by atoms with E-state index in [0.717, 1.165) is 24.7 Å². The molecule has 1 amide bonds. The van der Waals surface area contributed by atoms with Crippen LogP contribution in [0.25, 0.3) is 0 Å². The number of rotatable bonds is 6. The summed E-state index contributed by atoms with van der Waals surface area (Å²) in [5.41, 5.74) is 7.56. The highest BCUT2D eigenvalue weighted by Crippen LogP contribution is 2.29. The Labute approximate surface area is 164 Å². The fourth-order valence-corrected chi connectivity index (χ4v) is 3.17. The topological polar surface area (TPSA) is 68.0 Å². The molecular formula is C20H24ClN3O3. The first-order chi connectivity index (χ1) is 13.0. The second-order valence-electron chi connectivity index (χ2n) is 6.48. The molecule has 144 valence electrons. The van der Waals surface area contributed by atoms with Crippen LogP contribution in [0.3, 0.4) is 0 Å². The Kier molecular flexibility index (Phi) is 6.42. The van der Waals surface area contributed by atoms with E-state index in [1.807, 2.05) is 29.2 Å². The number of hydrogen-bond acceptors (Lipinski definition) is 5. The number of ether oxygens (including phenoxy) is 2. The van der Waals surface area contributed by atoms with E-state index >= 15 is 0 Å². The molecule has 0 aromatic heterocycles. The van der Waals surface area contributed by atoms with E-state index in [1.54, 1.807) is 25.3 Å². The summed E-state index contributed by atoms with van der Waals surface area (Å²) in [5.74, 6) is 1.00. The van der Waals surface area contributed by atoms with Crippen LogP contribution in [0.2, 0.25) is 5.02 Å². The third kappa shape index (κ3) is 5.28. The Morgan fingerprint density at radius 1 is 1.07 bits per heavy atom. The molecule has 1 aliphatic heterocycles. The van der Waals surface area contributed by atoms with Crippen molar-refractivity contribution in [2.24, 2.45) is 0 Å². The van der Waals surface area contributed by atoms with Gasteiger partial charge < -0.3 is 20.1 Å². The van der Waals surface area contributed by atoms with Crippen molar-refractivity contribution in [2.75, 3.05) is 45.6 Å². The lowest BCUT2D eigenvalue weighted by Gasteiger charge is -2.34.